The number of nitrogens with one attached hydrogen (secondary N) is 3. The number of fused-ring (bicyclic) bond motifs is 1. The Morgan fingerprint density at radius 2 is 1.77 bits per heavy atom. The molecule has 4 N–H and O–H groups in total. The molecule has 0 bridgehead atoms. The number of ether oxygens (including phenoxy) is 5. The molecule has 5 aliphatic rings. The molecule has 2 saturated heterocycles. The summed E-state index contributed by atoms with van der Waals surface area (Å²) in [5, 5.41) is 21.5. The molecule has 2 aromatic rings. The van der Waals surface area contributed by atoms with Gasteiger partial charge in [-0.05, 0) is 100 Å². The van der Waals surface area contributed by atoms with Gasteiger partial charge in [0.05, 0.1) is 51.0 Å². The smallest absolute Gasteiger partial charge is 0.407 e. The highest BCUT2D eigenvalue weighted by Gasteiger charge is 2.43. The van der Waals surface area contributed by atoms with Gasteiger partial charge in [0.2, 0.25) is 17.6 Å². The molecule has 3 fully saturated rings. The van der Waals surface area contributed by atoms with Gasteiger partial charge in [-0.25, -0.2) is 9.78 Å². The number of likely N-dealkylation sites (N-methyl/N-ethyl adjacent to an activating group) is 1. The van der Waals surface area contributed by atoms with Gasteiger partial charge in [-0.3, -0.25) is 19.2 Å². The van der Waals surface area contributed by atoms with Crippen LogP contribution >= 0.6 is 11.3 Å². The van der Waals surface area contributed by atoms with E-state index in [1.807, 2.05) is 4.90 Å². The highest BCUT2D eigenvalue weighted by atomic mass is 32.1. The Bertz CT molecular complexity index is 2120. The number of nitrogens with zero attached hydrogens (tertiary/aromatic N) is 2. The highest BCUT2D eigenvalue weighted by Crippen LogP contribution is 2.45. The van der Waals surface area contributed by atoms with E-state index in [1.165, 1.54) is 16.9 Å². The van der Waals surface area contributed by atoms with E-state index in [0.29, 0.717) is 56.2 Å². The molecule has 16 nitrogen and oxygen atoms in total. The number of likely N-dealkylation sites (tertiary alicyclic amines) is 1. The number of benzene rings is 1. The van der Waals surface area contributed by atoms with Crippen molar-refractivity contribution in [1.82, 2.24) is 25.8 Å². The van der Waals surface area contributed by atoms with Crippen molar-refractivity contribution >= 4 is 41.0 Å². The number of carbonyl (C=O) groups excluding carboxylic acids is 5. The topological polar surface area (TPSA) is 204 Å². The normalized spacial score (nSPS) is 26.8. The second kappa shape index (κ2) is 25.4. The van der Waals surface area contributed by atoms with E-state index in [4.69, 9.17) is 28.7 Å². The zero-order valence-electron chi connectivity index (χ0n) is 40.7. The first-order chi connectivity index (χ1) is 33.4. The zero-order chi connectivity index (χ0) is 48.9. The summed E-state index contributed by atoms with van der Waals surface area (Å²) in [5.41, 5.74) is 1.94. The number of allylic oxidation sites excluding steroid dienone is 3. The summed E-state index contributed by atoms with van der Waals surface area (Å²) in [6.45, 7) is 8.46. The number of esters is 1. The SMILES string of the molecule is CN[C@@H](C)C(=O)N[C@H](C(=O)N1CCC[C@H]1c1nc(C(=O)c2cccc(OCCOCCOCCNC(=O)O[C@H]3C[C@@H](C)C=C4C=C[C@H](C)[C@H](CC[C@@H]5C[C@@H](O)CC(=O)O5)[C@H]43)c2)cs1)C1CCCCC1. The second-order valence-corrected chi connectivity index (χ2v) is 20.4. The molecule has 3 amide bonds. The standard InChI is InChI=1S/C52H73N5O11S/c1-32-26-36-16-15-33(2)41(18-17-40-29-38(58)30-45(59)67-40)46(36)44(27-32)68-52(63)54-19-21-64-22-23-65-24-25-66-39-13-8-12-37(28-39)48(60)42-31-69-50(55-42)43-14-9-20-57(43)51(62)47(35-10-6-5-7-11-35)56-49(61)34(3)53-4/h8,12-13,15-16,26,28,31-35,38,40-41,43-44,46-47,53,58H,5-7,9-11,14,17-25,27,29-30H2,1-4H3,(H,54,63)(H,56,61)/t32-,33-,34-,38+,40+,41-,43-,44-,46-,47-/m0/s1. The molecule has 1 saturated carbocycles. The van der Waals surface area contributed by atoms with Crippen LogP contribution < -0.4 is 20.7 Å². The maximum absolute atomic E-state index is 14.2. The number of amides is 3. The van der Waals surface area contributed by atoms with Crippen LogP contribution in [-0.2, 0) is 33.3 Å². The number of hydrogen-bond donors (Lipinski definition) is 4. The molecule has 0 spiro atoms. The average Bonchev–Trinajstić information content (AvgIpc) is 4.04. The van der Waals surface area contributed by atoms with E-state index in [2.05, 4.69) is 48.0 Å². The van der Waals surface area contributed by atoms with Crippen molar-refractivity contribution in [2.45, 2.75) is 134 Å². The molecule has 1 aromatic heterocycles. The Balaban J connectivity index is 0.796. The number of aliphatic hydroxyl groups excluding tert-OH is 1. The van der Waals surface area contributed by atoms with Gasteiger partial charge in [0.15, 0.2) is 0 Å². The third kappa shape index (κ3) is 14.2. The van der Waals surface area contributed by atoms with Crippen molar-refractivity contribution in [3.05, 3.63) is 69.7 Å². The molecule has 7 rings (SSSR count). The monoisotopic (exact) mass is 976 g/mol. The van der Waals surface area contributed by atoms with E-state index >= 15 is 0 Å². The summed E-state index contributed by atoms with van der Waals surface area (Å²) in [5.74, 6) is 0.524. The Hall–Kier alpha value is -4.68. The molecule has 378 valence electrons. The van der Waals surface area contributed by atoms with Crippen LogP contribution in [-0.4, -0.2) is 128 Å². The fraction of sp³-hybridized carbons (Fsp3) is 0.654. The first-order valence-electron chi connectivity index (χ1n) is 25.3. The number of hydrogen-bond acceptors (Lipinski definition) is 14. The predicted molar refractivity (Wildman–Crippen MR) is 260 cm³/mol. The van der Waals surface area contributed by atoms with Gasteiger partial charge in [0.25, 0.3) is 0 Å². The van der Waals surface area contributed by atoms with Gasteiger partial charge in [0, 0.05) is 36.4 Å². The van der Waals surface area contributed by atoms with Crippen molar-refractivity contribution in [1.29, 1.82) is 0 Å². The van der Waals surface area contributed by atoms with Gasteiger partial charge in [-0.1, -0.05) is 63.5 Å². The highest BCUT2D eigenvalue weighted by molar-refractivity contribution is 7.10. The maximum Gasteiger partial charge on any atom is 0.407 e. The van der Waals surface area contributed by atoms with Crippen LogP contribution in [0.25, 0.3) is 0 Å². The minimum atomic E-state index is -0.664. The summed E-state index contributed by atoms with van der Waals surface area (Å²) in [4.78, 5) is 72.4. The van der Waals surface area contributed by atoms with Crippen LogP contribution in [0.1, 0.15) is 125 Å². The van der Waals surface area contributed by atoms with Crippen LogP contribution in [0.4, 0.5) is 4.79 Å². The lowest BCUT2D eigenvalue weighted by atomic mass is 9.65. The zero-order valence-corrected chi connectivity index (χ0v) is 41.6. The third-order valence-corrected chi connectivity index (χ3v) is 15.4. The van der Waals surface area contributed by atoms with Crippen molar-refractivity contribution in [3.8, 4) is 5.75 Å². The third-order valence-electron chi connectivity index (χ3n) is 14.5. The molecule has 3 heterocycles. The van der Waals surface area contributed by atoms with Gasteiger partial charge in [-0.15, -0.1) is 11.3 Å². The minimum absolute atomic E-state index is 0.0343. The first kappa shape index (κ1) is 52.2. The van der Waals surface area contributed by atoms with Crippen molar-refractivity contribution in [2.24, 2.45) is 29.6 Å². The Morgan fingerprint density at radius 3 is 2.55 bits per heavy atom. The summed E-state index contributed by atoms with van der Waals surface area (Å²) >= 11 is 1.38. The van der Waals surface area contributed by atoms with Gasteiger partial charge in [-0.2, -0.15) is 0 Å². The number of rotatable bonds is 22. The summed E-state index contributed by atoms with van der Waals surface area (Å²) in [7, 11) is 1.73. The van der Waals surface area contributed by atoms with E-state index in [1.54, 1.807) is 43.6 Å². The number of thiazole rings is 1. The molecule has 0 radical (unpaired) electrons. The van der Waals surface area contributed by atoms with Crippen LogP contribution in [0.3, 0.4) is 0 Å². The molecule has 3 aliphatic carbocycles. The molecule has 69 heavy (non-hydrogen) atoms. The second-order valence-electron chi connectivity index (χ2n) is 19.5. The van der Waals surface area contributed by atoms with E-state index in [0.717, 1.165) is 62.8 Å². The first-order valence-corrected chi connectivity index (χ1v) is 26.1. The van der Waals surface area contributed by atoms with Crippen LogP contribution in [0, 0.1) is 29.6 Å². The number of alkyl carbamates (subject to hydrolysis) is 1. The number of aliphatic hydroxyl groups is 1. The Labute approximate surface area is 410 Å². The quantitative estimate of drug-likeness (QED) is 0.0569. The number of carbonyl (C=O) groups is 5. The van der Waals surface area contributed by atoms with Crippen LogP contribution in [0.5, 0.6) is 5.75 Å². The lowest BCUT2D eigenvalue weighted by molar-refractivity contribution is -0.160. The van der Waals surface area contributed by atoms with Gasteiger partial charge >= 0.3 is 12.1 Å². The molecule has 10 atom stereocenters. The number of aromatic nitrogens is 1. The molecule has 2 aliphatic heterocycles. The largest absolute Gasteiger partial charge is 0.491 e. The fourth-order valence-electron chi connectivity index (χ4n) is 10.7. The molecule has 1 aromatic carbocycles. The van der Waals surface area contributed by atoms with E-state index < -0.39 is 24.3 Å². The maximum atomic E-state index is 14.2. The molecular weight excluding hydrogens is 903 g/mol. The fourth-order valence-corrected chi connectivity index (χ4v) is 11.7. The summed E-state index contributed by atoms with van der Waals surface area (Å²) < 4.78 is 28.9. The van der Waals surface area contributed by atoms with Crippen LogP contribution in [0.2, 0.25) is 0 Å². The van der Waals surface area contributed by atoms with Crippen LogP contribution in [0.15, 0.2) is 53.4 Å². The number of cyclic esters (lactones) is 1. The van der Waals surface area contributed by atoms with Crippen molar-refractivity contribution in [3.63, 3.8) is 0 Å². The summed E-state index contributed by atoms with van der Waals surface area (Å²) in [6.07, 6.45) is 14.2. The Kier molecular flexibility index (Phi) is 19.2. The van der Waals surface area contributed by atoms with Crippen molar-refractivity contribution in [2.75, 3.05) is 53.2 Å². The molecule has 0 unspecified atom stereocenters. The Morgan fingerprint density at radius 1 is 0.986 bits per heavy atom. The summed E-state index contributed by atoms with van der Waals surface area (Å²) in [6, 6.07) is 5.72. The lowest BCUT2D eigenvalue weighted by Gasteiger charge is -2.43. The van der Waals surface area contributed by atoms with E-state index in [9.17, 15) is 29.1 Å². The average molecular weight is 976 g/mol. The van der Waals surface area contributed by atoms with Gasteiger partial charge < -0.3 is 49.6 Å². The minimum Gasteiger partial charge on any atom is -0.491 e. The molecule has 17 heteroatoms. The predicted octanol–water partition coefficient (Wildman–Crippen LogP) is 6.47. The van der Waals surface area contributed by atoms with Crippen molar-refractivity contribution < 1.29 is 52.8 Å². The lowest BCUT2D eigenvalue weighted by Crippen LogP contribution is -2.55. The number of ketones is 1. The van der Waals surface area contributed by atoms with E-state index in [-0.39, 0.29) is 97.6 Å². The molecular formula is C52H73N5O11S. The van der Waals surface area contributed by atoms with Gasteiger partial charge in [0.1, 0.15) is 41.3 Å².